The average Bonchev–Trinajstić information content (AvgIpc) is 2.42. The molecule has 0 spiro atoms. The molecule has 1 rings (SSSR count). The molecule has 0 aliphatic carbocycles. The molecule has 0 saturated heterocycles. The number of hydrogen-bond donors (Lipinski definition) is 2. The zero-order chi connectivity index (χ0) is 14.1. The summed E-state index contributed by atoms with van der Waals surface area (Å²) in [5.41, 5.74) is 0. The van der Waals surface area contributed by atoms with Gasteiger partial charge >= 0.3 is 0 Å². The highest BCUT2D eigenvalue weighted by Crippen LogP contribution is 2.16. The van der Waals surface area contributed by atoms with E-state index in [1.54, 1.807) is 7.11 Å². The Balaban J connectivity index is 2.22. The number of methoxy groups -OCH3 is 1. The quantitative estimate of drug-likeness (QED) is 0.673. The lowest BCUT2D eigenvalue weighted by Gasteiger charge is -2.18. The van der Waals surface area contributed by atoms with Crippen molar-refractivity contribution in [2.45, 2.75) is 26.3 Å². The fourth-order valence-corrected chi connectivity index (χ4v) is 1.90. The maximum Gasteiger partial charge on any atom is 0.119 e. The molecule has 0 saturated carbocycles. The number of aliphatic hydroxyl groups is 1. The number of nitrogens with one attached hydrogen (secondary N) is 1. The van der Waals surface area contributed by atoms with Gasteiger partial charge in [0.05, 0.1) is 13.7 Å². The standard InChI is InChI=1S/C15H25NO3/c1-12(2)10-13(11-17)16-8-9-19-15-6-4-14(18-3)5-7-15/h4-7,12-13,16-17H,8-11H2,1-3H3. The summed E-state index contributed by atoms with van der Waals surface area (Å²) >= 11 is 0. The molecule has 4 heteroatoms. The van der Waals surface area contributed by atoms with Crippen molar-refractivity contribution in [3.8, 4) is 11.5 Å². The Morgan fingerprint density at radius 2 is 1.79 bits per heavy atom. The molecule has 1 aromatic rings. The average molecular weight is 267 g/mol. The Morgan fingerprint density at radius 3 is 2.32 bits per heavy atom. The number of aliphatic hydroxyl groups excluding tert-OH is 1. The molecule has 0 aliphatic heterocycles. The SMILES string of the molecule is COc1ccc(OCCNC(CO)CC(C)C)cc1. The van der Waals surface area contributed by atoms with E-state index in [4.69, 9.17) is 9.47 Å². The summed E-state index contributed by atoms with van der Waals surface area (Å²) in [6, 6.07) is 7.67. The van der Waals surface area contributed by atoms with Gasteiger partial charge in [-0.1, -0.05) is 13.8 Å². The maximum absolute atomic E-state index is 9.23. The van der Waals surface area contributed by atoms with E-state index in [1.165, 1.54) is 0 Å². The van der Waals surface area contributed by atoms with Crippen LogP contribution in [-0.4, -0.2) is 38.0 Å². The number of benzene rings is 1. The van der Waals surface area contributed by atoms with E-state index in [1.807, 2.05) is 24.3 Å². The van der Waals surface area contributed by atoms with Gasteiger partial charge in [-0.3, -0.25) is 0 Å². The molecule has 1 atom stereocenters. The van der Waals surface area contributed by atoms with Crippen molar-refractivity contribution in [3.05, 3.63) is 24.3 Å². The van der Waals surface area contributed by atoms with Crippen LogP contribution in [0.25, 0.3) is 0 Å². The van der Waals surface area contributed by atoms with Gasteiger partial charge in [0.25, 0.3) is 0 Å². The molecule has 0 radical (unpaired) electrons. The van der Waals surface area contributed by atoms with Crippen molar-refractivity contribution in [2.75, 3.05) is 26.9 Å². The van der Waals surface area contributed by atoms with Crippen molar-refractivity contribution in [2.24, 2.45) is 5.92 Å². The zero-order valence-electron chi connectivity index (χ0n) is 12.1. The van der Waals surface area contributed by atoms with Gasteiger partial charge in [-0.2, -0.15) is 0 Å². The molecule has 4 nitrogen and oxygen atoms in total. The smallest absolute Gasteiger partial charge is 0.119 e. The Labute approximate surface area is 115 Å². The highest BCUT2D eigenvalue weighted by atomic mass is 16.5. The Kier molecular flexibility index (Phi) is 7.30. The zero-order valence-corrected chi connectivity index (χ0v) is 12.1. The summed E-state index contributed by atoms with van der Waals surface area (Å²) in [6.07, 6.45) is 0.971. The van der Waals surface area contributed by atoms with Gasteiger partial charge in [-0.15, -0.1) is 0 Å². The van der Waals surface area contributed by atoms with Crippen molar-refractivity contribution in [3.63, 3.8) is 0 Å². The van der Waals surface area contributed by atoms with E-state index in [0.29, 0.717) is 12.5 Å². The first-order valence-electron chi connectivity index (χ1n) is 6.76. The Hall–Kier alpha value is -1.26. The van der Waals surface area contributed by atoms with Gasteiger partial charge in [0, 0.05) is 12.6 Å². The van der Waals surface area contributed by atoms with Crippen molar-refractivity contribution < 1.29 is 14.6 Å². The van der Waals surface area contributed by atoms with Crippen LogP contribution in [0.3, 0.4) is 0 Å². The van der Waals surface area contributed by atoms with E-state index < -0.39 is 0 Å². The molecule has 0 aliphatic rings. The largest absolute Gasteiger partial charge is 0.497 e. The summed E-state index contributed by atoms with van der Waals surface area (Å²) in [5.74, 6) is 2.22. The molecule has 0 bridgehead atoms. The minimum absolute atomic E-state index is 0.152. The molecule has 19 heavy (non-hydrogen) atoms. The van der Waals surface area contributed by atoms with Crippen molar-refractivity contribution in [1.82, 2.24) is 5.32 Å². The summed E-state index contributed by atoms with van der Waals surface area (Å²) in [7, 11) is 1.64. The van der Waals surface area contributed by atoms with Gasteiger partial charge in [0.1, 0.15) is 18.1 Å². The third kappa shape index (κ3) is 6.45. The van der Waals surface area contributed by atoms with E-state index in [-0.39, 0.29) is 12.6 Å². The van der Waals surface area contributed by atoms with Gasteiger partial charge < -0.3 is 19.9 Å². The van der Waals surface area contributed by atoms with Crippen LogP contribution in [0.4, 0.5) is 0 Å². The van der Waals surface area contributed by atoms with Crippen molar-refractivity contribution >= 4 is 0 Å². The van der Waals surface area contributed by atoms with Crippen LogP contribution >= 0.6 is 0 Å². The molecule has 2 N–H and O–H groups in total. The van der Waals surface area contributed by atoms with E-state index in [2.05, 4.69) is 19.2 Å². The fraction of sp³-hybridized carbons (Fsp3) is 0.600. The number of rotatable bonds is 9. The second-order valence-corrected chi connectivity index (χ2v) is 4.99. The van der Waals surface area contributed by atoms with Crippen LogP contribution in [0.1, 0.15) is 20.3 Å². The minimum atomic E-state index is 0.152. The molecule has 108 valence electrons. The minimum Gasteiger partial charge on any atom is -0.497 e. The normalized spacial score (nSPS) is 12.5. The van der Waals surface area contributed by atoms with Crippen molar-refractivity contribution in [1.29, 1.82) is 0 Å². The van der Waals surface area contributed by atoms with Crippen LogP contribution in [0.5, 0.6) is 11.5 Å². The summed E-state index contributed by atoms with van der Waals surface area (Å²) in [5, 5.41) is 12.5. The first-order valence-corrected chi connectivity index (χ1v) is 6.76. The molecule has 1 unspecified atom stereocenters. The molecule has 0 fully saturated rings. The van der Waals surface area contributed by atoms with Gasteiger partial charge in [-0.25, -0.2) is 0 Å². The molecular formula is C15H25NO3. The van der Waals surface area contributed by atoms with E-state index in [9.17, 15) is 5.11 Å². The molecular weight excluding hydrogens is 242 g/mol. The molecule has 0 amide bonds. The second-order valence-electron chi connectivity index (χ2n) is 4.99. The number of ether oxygens (including phenoxy) is 2. The monoisotopic (exact) mass is 267 g/mol. The first-order chi connectivity index (χ1) is 9.15. The Morgan fingerprint density at radius 1 is 1.16 bits per heavy atom. The summed E-state index contributed by atoms with van der Waals surface area (Å²) in [6.45, 7) is 5.78. The van der Waals surface area contributed by atoms with Crippen LogP contribution in [0, 0.1) is 5.92 Å². The number of hydrogen-bond acceptors (Lipinski definition) is 4. The highest BCUT2D eigenvalue weighted by Gasteiger charge is 2.08. The maximum atomic E-state index is 9.23. The van der Waals surface area contributed by atoms with Gasteiger partial charge in [0.15, 0.2) is 0 Å². The van der Waals surface area contributed by atoms with E-state index in [0.717, 1.165) is 24.5 Å². The lowest BCUT2D eigenvalue weighted by atomic mass is 10.0. The van der Waals surface area contributed by atoms with Gasteiger partial charge in [-0.05, 0) is 36.6 Å². The van der Waals surface area contributed by atoms with E-state index >= 15 is 0 Å². The van der Waals surface area contributed by atoms with Crippen LogP contribution in [-0.2, 0) is 0 Å². The lowest BCUT2D eigenvalue weighted by Crippen LogP contribution is -2.36. The van der Waals surface area contributed by atoms with Crippen LogP contribution < -0.4 is 14.8 Å². The van der Waals surface area contributed by atoms with Crippen LogP contribution in [0.15, 0.2) is 24.3 Å². The Bertz CT molecular complexity index is 338. The highest BCUT2D eigenvalue weighted by molar-refractivity contribution is 5.31. The predicted octanol–water partition coefficient (Wildman–Crippen LogP) is 2.07. The molecule has 0 aromatic heterocycles. The molecule has 1 aromatic carbocycles. The topological polar surface area (TPSA) is 50.7 Å². The van der Waals surface area contributed by atoms with Crippen LogP contribution in [0.2, 0.25) is 0 Å². The fourth-order valence-electron chi connectivity index (χ4n) is 1.90. The second kappa shape index (κ2) is 8.77. The third-order valence-electron chi connectivity index (χ3n) is 2.84. The lowest BCUT2D eigenvalue weighted by molar-refractivity contribution is 0.214. The first kappa shape index (κ1) is 15.8. The predicted molar refractivity (Wildman–Crippen MR) is 76.8 cm³/mol. The summed E-state index contributed by atoms with van der Waals surface area (Å²) in [4.78, 5) is 0. The van der Waals surface area contributed by atoms with Gasteiger partial charge in [0.2, 0.25) is 0 Å². The summed E-state index contributed by atoms with van der Waals surface area (Å²) < 4.78 is 10.7. The molecule has 0 heterocycles. The third-order valence-corrected chi connectivity index (χ3v) is 2.84.